The van der Waals surface area contributed by atoms with E-state index in [0.29, 0.717) is 6.07 Å². The van der Waals surface area contributed by atoms with E-state index in [9.17, 15) is 28.5 Å². The van der Waals surface area contributed by atoms with Crippen molar-refractivity contribution < 1.29 is 18.9 Å². The monoisotopic (exact) mass is 259 g/mol. The van der Waals surface area contributed by atoms with Crippen molar-refractivity contribution in [2.75, 3.05) is 0 Å². The van der Waals surface area contributed by atoms with E-state index in [4.69, 9.17) is 5.21 Å². The molecule has 1 aromatic heterocycles. The number of hydrogen-bond acceptors (Lipinski definition) is 5. The van der Waals surface area contributed by atoms with Gasteiger partial charge in [-0.2, -0.15) is 4.39 Å². The second-order valence-electron chi connectivity index (χ2n) is 3.25. The summed E-state index contributed by atoms with van der Waals surface area (Å²) in [5.41, 5.74) is -4.87. The van der Waals surface area contributed by atoms with E-state index >= 15 is 0 Å². The fourth-order valence-electron chi connectivity index (χ4n) is 1.47. The number of nitro groups is 1. The first kappa shape index (κ1) is 11.7. The number of nitrogens with zero attached hydrogens (tertiary/aromatic N) is 2. The average molecular weight is 259 g/mol. The summed E-state index contributed by atoms with van der Waals surface area (Å²) in [4.78, 5) is 33.5. The van der Waals surface area contributed by atoms with Crippen LogP contribution in [0.4, 0.5) is 14.5 Å². The van der Waals surface area contributed by atoms with Gasteiger partial charge < -0.3 is 10.2 Å². The van der Waals surface area contributed by atoms with Gasteiger partial charge in [-0.25, -0.2) is 9.18 Å². The Labute approximate surface area is 94.8 Å². The van der Waals surface area contributed by atoms with Crippen LogP contribution >= 0.6 is 0 Å². The number of aromatic nitrogens is 2. The van der Waals surface area contributed by atoms with Crippen molar-refractivity contribution in [1.29, 1.82) is 0 Å². The zero-order valence-corrected chi connectivity index (χ0v) is 8.31. The van der Waals surface area contributed by atoms with Crippen LogP contribution in [0.25, 0.3) is 10.9 Å². The van der Waals surface area contributed by atoms with Gasteiger partial charge in [-0.1, -0.05) is 4.73 Å². The van der Waals surface area contributed by atoms with Crippen molar-refractivity contribution in [1.82, 2.24) is 9.71 Å². The highest BCUT2D eigenvalue weighted by Gasteiger charge is 2.27. The zero-order valence-electron chi connectivity index (χ0n) is 8.31. The maximum Gasteiger partial charge on any atom is 0.362 e. The third kappa shape index (κ3) is 1.43. The maximum absolute atomic E-state index is 13.3. The van der Waals surface area contributed by atoms with Gasteiger partial charge in [0.2, 0.25) is 5.82 Å². The van der Waals surface area contributed by atoms with Gasteiger partial charge in [-0.3, -0.25) is 14.9 Å². The molecule has 0 aliphatic carbocycles. The maximum atomic E-state index is 13.3. The fourth-order valence-corrected chi connectivity index (χ4v) is 1.47. The van der Waals surface area contributed by atoms with Crippen LogP contribution in [0.3, 0.4) is 0 Å². The SMILES string of the molecule is O=c1[nH]c2cc(F)c(F)c([N+](=O)[O-])c2c(=O)n1O. The first-order valence-corrected chi connectivity index (χ1v) is 4.35. The van der Waals surface area contributed by atoms with Crippen LogP contribution in [0.2, 0.25) is 0 Å². The second kappa shape index (κ2) is 3.61. The molecule has 0 aliphatic heterocycles. The van der Waals surface area contributed by atoms with Gasteiger partial charge in [0, 0.05) is 6.07 Å². The Morgan fingerprint density at radius 3 is 2.56 bits per heavy atom. The number of nitrogens with one attached hydrogen (secondary N) is 1. The summed E-state index contributed by atoms with van der Waals surface area (Å²) in [6.07, 6.45) is 0. The van der Waals surface area contributed by atoms with E-state index in [-0.39, 0.29) is 0 Å². The minimum Gasteiger partial charge on any atom is -0.421 e. The Kier molecular flexibility index (Phi) is 2.35. The summed E-state index contributed by atoms with van der Waals surface area (Å²) in [6.45, 7) is 0. The average Bonchev–Trinajstić information content (AvgIpc) is 2.29. The van der Waals surface area contributed by atoms with Gasteiger partial charge >= 0.3 is 16.9 Å². The Hall–Kier alpha value is -2.78. The first-order chi connectivity index (χ1) is 8.34. The lowest BCUT2D eigenvalue weighted by molar-refractivity contribution is -0.386. The molecule has 2 N–H and O–H groups in total. The van der Waals surface area contributed by atoms with Crippen LogP contribution in [0.15, 0.2) is 15.7 Å². The van der Waals surface area contributed by atoms with Crippen molar-refractivity contribution >= 4 is 16.6 Å². The van der Waals surface area contributed by atoms with Crippen LogP contribution in [0, 0.1) is 21.7 Å². The summed E-state index contributed by atoms with van der Waals surface area (Å²) >= 11 is 0. The Balaban J connectivity index is 3.20. The van der Waals surface area contributed by atoms with Crippen LogP contribution in [0.1, 0.15) is 0 Å². The van der Waals surface area contributed by atoms with Crippen molar-refractivity contribution in [2.45, 2.75) is 0 Å². The Morgan fingerprint density at radius 2 is 2.00 bits per heavy atom. The predicted octanol–water partition coefficient (Wildman–Crippen LogP) is 0.113. The van der Waals surface area contributed by atoms with E-state index in [1.54, 1.807) is 0 Å². The molecule has 0 spiro atoms. The number of halogens is 2. The number of rotatable bonds is 1. The molecule has 0 aliphatic rings. The quantitative estimate of drug-likeness (QED) is 0.428. The van der Waals surface area contributed by atoms with Gasteiger partial charge in [0.1, 0.15) is 5.39 Å². The van der Waals surface area contributed by atoms with Crippen molar-refractivity contribution in [3.8, 4) is 0 Å². The molecule has 2 rings (SSSR count). The molecule has 8 nitrogen and oxygen atoms in total. The normalized spacial score (nSPS) is 10.8. The summed E-state index contributed by atoms with van der Waals surface area (Å²) in [5.74, 6) is -3.45. The van der Waals surface area contributed by atoms with E-state index in [0.717, 1.165) is 0 Å². The number of H-pyrrole nitrogens is 1. The lowest BCUT2D eigenvalue weighted by atomic mass is 10.2. The molecule has 0 amide bonds. The Morgan fingerprint density at radius 1 is 1.39 bits per heavy atom. The molecule has 0 bridgehead atoms. The van der Waals surface area contributed by atoms with Crippen LogP contribution in [-0.4, -0.2) is 19.8 Å². The van der Waals surface area contributed by atoms with Crippen molar-refractivity contribution in [3.63, 3.8) is 0 Å². The van der Waals surface area contributed by atoms with Gasteiger partial charge in [-0.05, 0) is 0 Å². The van der Waals surface area contributed by atoms with Gasteiger partial charge in [0.15, 0.2) is 5.82 Å². The number of benzene rings is 1. The molecular weight excluding hydrogens is 256 g/mol. The minimum absolute atomic E-state index is 0.417. The third-order valence-electron chi connectivity index (χ3n) is 2.22. The zero-order chi connectivity index (χ0) is 13.6. The molecule has 2 aromatic rings. The second-order valence-corrected chi connectivity index (χ2v) is 3.25. The van der Waals surface area contributed by atoms with Crippen LogP contribution in [-0.2, 0) is 0 Å². The molecule has 0 atom stereocenters. The van der Waals surface area contributed by atoms with E-state index in [1.807, 2.05) is 4.98 Å². The molecule has 0 radical (unpaired) electrons. The fraction of sp³-hybridized carbons (Fsp3) is 0. The minimum atomic E-state index is -1.85. The molecule has 94 valence electrons. The van der Waals surface area contributed by atoms with Crippen LogP contribution in [0.5, 0.6) is 0 Å². The lowest BCUT2D eigenvalue weighted by Gasteiger charge is -2.02. The first-order valence-electron chi connectivity index (χ1n) is 4.35. The lowest BCUT2D eigenvalue weighted by Crippen LogP contribution is -2.33. The highest BCUT2D eigenvalue weighted by Crippen LogP contribution is 2.26. The van der Waals surface area contributed by atoms with Crippen molar-refractivity contribution in [2.24, 2.45) is 0 Å². The molecular formula is C8H3F2N3O5. The largest absolute Gasteiger partial charge is 0.421 e. The topological polar surface area (TPSA) is 118 Å². The highest BCUT2D eigenvalue weighted by molar-refractivity contribution is 5.87. The summed E-state index contributed by atoms with van der Waals surface area (Å²) < 4.78 is 25.9. The molecule has 18 heavy (non-hydrogen) atoms. The van der Waals surface area contributed by atoms with Gasteiger partial charge in [-0.15, -0.1) is 0 Å². The van der Waals surface area contributed by atoms with E-state index in [2.05, 4.69) is 0 Å². The molecule has 0 saturated carbocycles. The number of fused-ring (bicyclic) bond motifs is 1. The number of aromatic amines is 1. The van der Waals surface area contributed by atoms with E-state index < -0.39 is 49.1 Å². The summed E-state index contributed by atoms with van der Waals surface area (Å²) in [5, 5.41) is 18.7. The summed E-state index contributed by atoms with van der Waals surface area (Å²) in [6, 6.07) is 0.417. The highest BCUT2D eigenvalue weighted by atomic mass is 19.2. The molecule has 0 unspecified atom stereocenters. The molecule has 1 aromatic carbocycles. The molecule has 1 heterocycles. The number of hydrogen-bond donors (Lipinski definition) is 2. The van der Waals surface area contributed by atoms with Crippen molar-refractivity contribution in [3.05, 3.63) is 48.7 Å². The van der Waals surface area contributed by atoms with Gasteiger partial charge in [0.25, 0.3) is 0 Å². The van der Waals surface area contributed by atoms with Crippen LogP contribution < -0.4 is 11.2 Å². The smallest absolute Gasteiger partial charge is 0.362 e. The number of nitro benzene ring substituents is 1. The third-order valence-corrected chi connectivity index (χ3v) is 2.22. The standard InChI is InChI=1S/C8H3F2N3O5/c9-2-1-3-4(6(5(2)10)13(17)18)7(14)12(16)8(15)11-3/h1,16H,(H,11,15). The van der Waals surface area contributed by atoms with Gasteiger partial charge in [0.05, 0.1) is 10.4 Å². The molecule has 0 saturated heterocycles. The summed E-state index contributed by atoms with van der Waals surface area (Å²) in [7, 11) is 0. The Bertz CT molecular complexity index is 794. The predicted molar refractivity (Wildman–Crippen MR) is 52.6 cm³/mol. The van der Waals surface area contributed by atoms with E-state index in [1.165, 1.54) is 0 Å². The molecule has 10 heteroatoms. The molecule has 0 fully saturated rings.